The van der Waals surface area contributed by atoms with E-state index in [2.05, 4.69) is 30.3 Å². The molecule has 0 aliphatic carbocycles. The Labute approximate surface area is 239 Å². The van der Waals surface area contributed by atoms with Gasteiger partial charge < -0.3 is 8.83 Å². The van der Waals surface area contributed by atoms with Crippen LogP contribution in [0.3, 0.4) is 0 Å². The number of fused-ring (bicyclic) bond motifs is 4. The van der Waals surface area contributed by atoms with Crippen LogP contribution in [0.2, 0.25) is 0 Å². The van der Waals surface area contributed by atoms with Gasteiger partial charge >= 0.3 is 0 Å². The Morgan fingerprint density at radius 2 is 0.786 bits per heavy atom. The van der Waals surface area contributed by atoms with Crippen molar-refractivity contribution in [2.75, 3.05) is 0 Å². The number of rotatable bonds is 3. The van der Waals surface area contributed by atoms with Crippen LogP contribution in [0.5, 0.6) is 0 Å². The first kappa shape index (κ1) is 24.1. The average Bonchev–Trinajstić information content (AvgIpc) is 3.05. The van der Waals surface area contributed by atoms with Gasteiger partial charge in [0.05, 0.1) is 21.5 Å². The largest absolute Gasteiger partial charge is 0.456 e. The molecule has 198 valence electrons. The highest BCUT2D eigenvalue weighted by Gasteiger charge is 2.13. The summed E-state index contributed by atoms with van der Waals surface area (Å²) in [5.74, 6) is 0. The Morgan fingerprint density at radius 1 is 0.310 bits per heavy atom. The van der Waals surface area contributed by atoms with Crippen molar-refractivity contribution in [3.8, 4) is 33.4 Å². The maximum absolute atomic E-state index is 13.8. The summed E-state index contributed by atoms with van der Waals surface area (Å²) in [5, 5.41) is 2.10. The van der Waals surface area contributed by atoms with Crippen molar-refractivity contribution >= 4 is 43.9 Å². The quantitative estimate of drug-likeness (QED) is 0.209. The fourth-order valence-electron chi connectivity index (χ4n) is 5.71. The molecule has 8 aromatic rings. The number of para-hydroxylation sites is 1. The van der Waals surface area contributed by atoms with Gasteiger partial charge in [0.15, 0.2) is 0 Å². The summed E-state index contributed by atoms with van der Waals surface area (Å²) in [5.41, 5.74) is 7.86. The van der Waals surface area contributed by atoms with Crippen molar-refractivity contribution in [1.29, 1.82) is 0 Å². The predicted octanol–water partition coefficient (Wildman–Crippen LogP) is 9.21. The van der Waals surface area contributed by atoms with Crippen molar-refractivity contribution in [3.05, 3.63) is 154 Å². The predicted molar refractivity (Wildman–Crippen MR) is 170 cm³/mol. The Kier molecular flexibility index (Phi) is 5.41. The van der Waals surface area contributed by atoms with Crippen molar-refractivity contribution in [2.45, 2.75) is 0 Å². The first-order valence-corrected chi connectivity index (χ1v) is 13.7. The molecule has 4 heteroatoms. The second-order valence-electron chi connectivity index (χ2n) is 10.4. The van der Waals surface area contributed by atoms with Gasteiger partial charge in [0.25, 0.3) is 0 Å². The van der Waals surface area contributed by atoms with Crippen LogP contribution in [0.25, 0.3) is 77.3 Å². The van der Waals surface area contributed by atoms with E-state index in [1.54, 1.807) is 18.2 Å². The molecule has 0 N–H and O–H groups in total. The lowest BCUT2D eigenvalue weighted by molar-refractivity contribution is 0.660. The van der Waals surface area contributed by atoms with E-state index in [1.807, 2.05) is 84.9 Å². The minimum absolute atomic E-state index is 0.0610. The van der Waals surface area contributed by atoms with Crippen LogP contribution >= 0.6 is 0 Å². The monoisotopic (exact) mass is 542 g/mol. The summed E-state index contributed by atoms with van der Waals surface area (Å²) < 4.78 is 12.2. The van der Waals surface area contributed by atoms with Gasteiger partial charge in [-0.1, -0.05) is 78.9 Å². The molecule has 2 aromatic heterocycles. The van der Waals surface area contributed by atoms with E-state index in [0.29, 0.717) is 43.9 Å². The molecular formula is C38H22O4. The number of benzene rings is 6. The summed E-state index contributed by atoms with van der Waals surface area (Å²) in [4.78, 5) is 26.8. The van der Waals surface area contributed by atoms with Crippen LogP contribution < -0.4 is 10.9 Å². The summed E-state index contributed by atoms with van der Waals surface area (Å²) >= 11 is 0. The fourth-order valence-corrected chi connectivity index (χ4v) is 5.71. The van der Waals surface area contributed by atoms with Gasteiger partial charge in [-0.25, -0.2) is 0 Å². The highest BCUT2D eigenvalue weighted by Crippen LogP contribution is 2.31. The molecule has 0 saturated heterocycles. The molecule has 0 spiro atoms. The van der Waals surface area contributed by atoms with Crippen LogP contribution in [-0.2, 0) is 0 Å². The maximum Gasteiger partial charge on any atom is 0.200 e. The molecule has 8 rings (SSSR count). The van der Waals surface area contributed by atoms with E-state index in [0.717, 1.165) is 33.4 Å². The van der Waals surface area contributed by atoms with E-state index in [1.165, 1.54) is 0 Å². The Hall–Kier alpha value is -5.74. The van der Waals surface area contributed by atoms with E-state index in [-0.39, 0.29) is 10.9 Å². The van der Waals surface area contributed by atoms with E-state index in [4.69, 9.17) is 8.83 Å². The Bertz CT molecular complexity index is 2450. The third-order valence-corrected chi connectivity index (χ3v) is 7.88. The van der Waals surface area contributed by atoms with Crippen molar-refractivity contribution < 1.29 is 8.83 Å². The molecule has 0 bridgehead atoms. The van der Waals surface area contributed by atoms with Crippen LogP contribution in [-0.4, -0.2) is 0 Å². The van der Waals surface area contributed by atoms with Crippen LogP contribution in [0.4, 0.5) is 0 Å². The van der Waals surface area contributed by atoms with E-state index >= 15 is 0 Å². The maximum atomic E-state index is 13.8. The average molecular weight is 543 g/mol. The van der Waals surface area contributed by atoms with Crippen LogP contribution in [0.1, 0.15) is 0 Å². The summed E-state index contributed by atoms with van der Waals surface area (Å²) in [6.07, 6.45) is 0. The zero-order valence-corrected chi connectivity index (χ0v) is 22.3. The molecule has 0 fully saturated rings. The molecule has 0 radical (unpaired) electrons. The molecule has 42 heavy (non-hydrogen) atoms. The third kappa shape index (κ3) is 3.93. The lowest BCUT2D eigenvalue weighted by atomic mass is 9.97. The molecule has 0 unspecified atom stereocenters. The van der Waals surface area contributed by atoms with Gasteiger partial charge in [-0.2, -0.15) is 0 Å². The van der Waals surface area contributed by atoms with Gasteiger partial charge in [0.2, 0.25) is 10.9 Å². The first-order valence-electron chi connectivity index (χ1n) is 13.7. The Balaban J connectivity index is 1.24. The molecule has 6 aromatic carbocycles. The summed E-state index contributed by atoms with van der Waals surface area (Å²) in [6.45, 7) is 0. The van der Waals surface area contributed by atoms with Gasteiger partial charge in [0, 0.05) is 0 Å². The zero-order valence-electron chi connectivity index (χ0n) is 22.3. The lowest BCUT2D eigenvalue weighted by Crippen LogP contribution is -2.03. The van der Waals surface area contributed by atoms with Crippen molar-refractivity contribution in [3.63, 3.8) is 0 Å². The SMILES string of the molecule is O=c1c2ccccc2oc2cc(-c3ccc4oc5ccc(-c6cccc(-c7ccccc7)c6)cc5c(=O)c4c3)ccc12. The first-order chi connectivity index (χ1) is 20.6. The van der Waals surface area contributed by atoms with Gasteiger partial charge in [-0.15, -0.1) is 0 Å². The van der Waals surface area contributed by atoms with Gasteiger partial charge in [-0.3, -0.25) is 9.59 Å². The van der Waals surface area contributed by atoms with Gasteiger partial charge in [-0.05, 0) is 88.0 Å². The topological polar surface area (TPSA) is 60.4 Å². The van der Waals surface area contributed by atoms with Gasteiger partial charge in [0.1, 0.15) is 22.3 Å². The normalized spacial score (nSPS) is 11.5. The molecular weight excluding hydrogens is 520 g/mol. The lowest BCUT2D eigenvalue weighted by Gasteiger charge is -2.09. The second kappa shape index (κ2) is 9.43. The smallest absolute Gasteiger partial charge is 0.200 e. The number of hydrogen-bond acceptors (Lipinski definition) is 4. The molecule has 0 saturated carbocycles. The highest BCUT2D eigenvalue weighted by molar-refractivity contribution is 5.96. The molecule has 4 nitrogen and oxygen atoms in total. The number of hydrogen-bond donors (Lipinski definition) is 0. The van der Waals surface area contributed by atoms with E-state index in [9.17, 15) is 9.59 Å². The van der Waals surface area contributed by atoms with E-state index < -0.39 is 0 Å². The molecule has 0 amide bonds. The molecule has 0 aliphatic rings. The third-order valence-electron chi connectivity index (χ3n) is 7.88. The minimum atomic E-state index is -0.0903. The zero-order chi connectivity index (χ0) is 28.2. The molecule has 2 heterocycles. The van der Waals surface area contributed by atoms with Crippen LogP contribution in [0, 0.1) is 0 Å². The fraction of sp³-hybridized carbons (Fsp3) is 0. The van der Waals surface area contributed by atoms with Crippen molar-refractivity contribution in [1.82, 2.24) is 0 Å². The van der Waals surface area contributed by atoms with Crippen LogP contribution in [0.15, 0.2) is 152 Å². The minimum Gasteiger partial charge on any atom is -0.456 e. The second-order valence-corrected chi connectivity index (χ2v) is 10.4. The molecule has 0 atom stereocenters. The summed E-state index contributed by atoms with van der Waals surface area (Å²) in [6, 6.07) is 42.7. The highest BCUT2D eigenvalue weighted by atomic mass is 16.3. The van der Waals surface area contributed by atoms with Crippen molar-refractivity contribution in [2.24, 2.45) is 0 Å². The standard InChI is InChI=1S/C38H22O4/c39-37-29-11-4-5-12-33(29)42-36-22-28(13-16-30(36)37)27-15-18-35-32(21-27)38(40)31-20-26(14-17-34(31)41-35)25-10-6-9-24(19-25)23-7-2-1-3-8-23/h1-22H. The summed E-state index contributed by atoms with van der Waals surface area (Å²) in [7, 11) is 0. The Morgan fingerprint density at radius 3 is 1.52 bits per heavy atom. The molecule has 0 aliphatic heterocycles.